The molecule has 2 rings (SSSR count). The van der Waals surface area contributed by atoms with Gasteiger partial charge < -0.3 is 16.0 Å². The Hall–Kier alpha value is -1.36. The fourth-order valence-electron chi connectivity index (χ4n) is 2.32. The van der Waals surface area contributed by atoms with Crippen molar-refractivity contribution < 1.29 is 0 Å². The van der Waals surface area contributed by atoms with Gasteiger partial charge in [-0.1, -0.05) is 12.8 Å². The SMILES string of the molecule is CN(CCNc1cnc(N)cn1)C1CCCC1. The molecule has 0 bridgehead atoms. The molecule has 0 amide bonds. The minimum Gasteiger partial charge on any atom is -0.382 e. The molecule has 1 saturated carbocycles. The second kappa shape index (κ2) is 5.82. The molecule has 0 aromatic carbocycles. The Kier molecular flexibility index (Phi) is 4.14. The lowest BCUT2D eigenvalue weighted by Crippen LogP contribution is -2.33. The van der Waals surface area contributed by atoms with Crippen molar-refractivity contribution in [1.29, 1.82) is 0 Å². The molecule has 0 atom stereocenters. The normalized spacial score (nSPS) is 16.6. The Bertz CT molecular complexity index is 331. The highest BCUT2D eigenvalue weighted by Crippen LogP contribution is 2.21. The van der Waals surface area contributed by atoms with E-state index in [0.717, 1.165) is 24.9 Å². The third kappa shape index (κ3) is 3.56. The van der Waals surface area contributed by atoms with Gasteiger partial charge in [-0.15, -0.1) is 0 Å². The van der Waals surface area contributed by atoms with E-state index in [0.29, 0.717) is 5.82 Å². The molecule has 3 N–H and O–H groups in total. The fourth-order valence-corrected chi connectivity index (χ4v) is 2.32. The van der Waals surface area contributed by atoms with Gasteiger partial charge in [0.2, 0.25) is 0 Å². The number of nitrogen functional groups attached to an aromatic ring is 1. The molecule has 0 spiro atoms. The summed E-state index contributed by atoms with van der Waals surface area (Å²) in [6.07, 6.45) is 8.70. The highest BCUT2D eigenvalue weighted by Gasteiger charge is 2.18. The molecule has 94 valence electrons. The Morgan fingerprint density at radius 2 is 2.12 bits per heavy atom. The molecule has 0 saturated heterocycles. The summed E-state index contributed by atoms with van der Waals surface area (Å²) in [5, 5.41) is 3.26. The maximum Gasteiger partial charge on any atom is 0.144 e. The maximum atomic E-state index is 5.48. The van der Waals surface area contributed by atoms with Crippen molar-refractivity contribution in [3.63, 3.8) is 0 Å². The van der Waals surface area contributed by atoms with Gasteiger partial charge >= 0.3 is 0 Å². The maximum absolute atomic E-state index is 5.48. The van der Waals surface area contributed by atoms with Crippen LogP contribution in [-0.4, -0.2) is 41.0 Å². The molecule has 1 fully saturated rings. The minimum atomic E-state index is 0.457. The van der Waals surface area contributed by atoms with Gasteiger partial charge in [-0.25, -0.2) is 9.97 Å². The molecule has 1 aliphatic rings. The molecular weight excluding hydrogens is 214 g/mol. The van der Waals surface area contributed by atoms with Crippen molar-refractivity contribution in [2.75, 3.05) is 31.2 Å². The lowest BCUT2D eigenvalue weighted by atomic mass is 10.2. The standard InChI is InChI=1S/C12H21N5/c1-17(10-4-2-3-5-10)7-6-14-12-9-15-11(13)8-16-12/h8-10H,2-7H2,1H3,(H2,13,15)(H,14,16). The van der Waals surface area contributed by atoms with Crippen LogP contribution < -0.4 is 11.1 Å². The van der Waals surface area contributed by atoms with Gasteiger partial charge in [0.25, 0.3) is 0 Å². The zero-order valence-corrected chi connectivity index (χ0v) is 10.4. The first-order valence-corrected chi connectivity index (χ1v) is 6.27. The summed E-state index contributed by atoms with van der Waals surface area (Å²) < 4.78 is 0. The van der Waals surface area contributed by atoms with Crippen LogP contribution in [-0.2, 0) is 0 Å². The predicted molar refractivity (Wildman–Crippen MR) is 69.8 cm³/mol. The van der Waals surface area contributed by atoms with Gasteiger partial charge in [0.05, 0.1) is 12.4 Å². The van der Waals surface area contributed by atoms with Crippen LogP contribution in [0.25, 0.3) is 0 Å². The van der Waals surface area contributed by atoms with Crippen LogP contribution in [0.5, 0.6) is 0 Å². The van der Waals surface area contributed by atoms with E-state index < -0.39 is 0 Å². The number of nitrogens with zero attached hydrogens (tertiary/aromatic N) is 3. The molecule has 5 nitrogen and oxygen atoms in total. The summed E-state index contributed by atoms with van der Waals surface area (Å²) >= 11 is 0. The van der Waals surface area contributed by atoms with Crippen molar-refractivity contribution in [1.82, 2.24) is 14.9 Å². The topological polar surface area (TPSA) is 67.1 Å². The summed E-state index contributed by atoms with van der Waals surface area (Å²) in [5.41, 5.74) is 5.48. The van der Waals surface area contributed by atoms with Gasteiger partial charge in [0.15, 0.2) is 0 Å². The van der Waals surface area contributed by atoms with Crippen LogP contribution in [0, 0.1) is 0 Å². The zero-order chi connectivity index (χ0) is 12.1. The summed E-state index contributed by atoms with van der Waals surface area (Å²) in [6, 6.07) is 0.773. The number of nitrogens with two attached hydrogens (primary N) is 1. The first-order chi connectivity index (χ1) is 8.25. The molecule has 5 heteroatoms. The van der Waals surface area contributed by atoms with Gasteiger partial charge in [-0.05, 0) is 19.9 Å². The molecule has 1 aromatic rings. The fraction of sp³-hybridized carbons (Fsp3) is 0.667. The Labute approximate surface area is 102 Å². The first kappa shape index (κ1) is 12.1. The highest BCUT2D eigenvalue weighted by atomic mass is 15.2. The second-order valence-electron chi connectivity index (χ2n) is 4.67. The largest absolute Gasteiger partial charge is 0.382 e. The number of rotatable bonds is 5. The van der Waals surface area contributed by atoms with Gasteiger partial charge in [0, 0.05) is 19.1 Å². The van der Waals surface area contributed by atoms with Crippen LogP contribution in [0.4, 0.5) is 11.6 Å². The molecular formula is C12H21N5. The predicted octanol–water partition coefficient (Wildman–Crippen LogP) is 1.35. The Balaban J connectivity index is 1.70. The van der Waals surface area contributed by atoms with E-state index in [1.807, 2.05) is 0 Å². The van der Waals surface area contributed by atoms with E-state index in [2.05, 4.69) is 27.2 Å². The molecule has 1 heterocycles. The van der Waals surface area contributed by atoms with Crippen molar-refractivity contribution in [2.45, 2.75) is 31.7 Å². The van der Waals surface area contributed by atoms with Crippen LogP contribution in [0.15, 0.2) is 12.4 Å². The van der Waals surface area contributed by atoms with E-state index >= 15 is 0 Å². The van der Waals surface area contributed by atoms with Crippen LogP contribution in [0.1, 0.15) is 25.7 Å². The summed E-state index contributed by atoms with van der Waals surface area (Å²) in [7, 11) is 2.20. The van der Waals surface area contributed by atoms with Crippen LogP contribution in [0.2, 0.25) is 0 Å². The third-order valence-corrected chi connectivity index (χ3v) is 3.39. The third-order valence-electron chi connectivity index (χ3n) is 3.39. The van der Waals surface area contributed by atoms with E-state index in [9.17, 15) is 0 Å². The number of anilines is 2. The molecule has 17 heavy (non-hydrogen) atoms. The molecule has 0 aliphatic heterocycles. The van der Waals surface area contributed by atoms with E-state index in [1.54, 1.807) is 12.4 Å². The Morgan fingerprint density at radius 3 is 2.76 bits per heavy atom. The summed E-state index contributed by atoms with van der Waals surface area (Å²) in [6.45, 7) is 1.93. The quantitative estimate of drug-likeness (QED) is 0.806. The Morgan fingerprint density at radius 1 is 1.35 bits per heavy atom. The van der Waals surface area contributed by atoms with Crippen molar-refractivity contribution in [3.05, 3.63) is 12.4 Å². The van der Waals surface area contributed by atoms with Crippen LogP contribution >= 0.6 is 0 Å². The average molecular weight is 235 g/mol. The number of likely N-dealkylation sites (N-methyl/N-ethyl adjacent to an activating group) is 1. The second-order valence-corrected chi connectivity index (χ2v) is 4.67. The number of nitrogens with one attached hydrogen (secondary N) is 1. The van der Waals surface area contributed by atoms with Crippen molar-refractivity contribution in [2.24, 2.45) is 0 Å². The molecule has 0 unspecified atom stereocenters. The number of hydrogen-bond acceptors (Lipinski definition) is 5. The first-order valence-electron chi connectivity index (χ1n) is 6.27. The monoisotopic (exact) mass is 235 g/mol. The van der Waals surface area contributed by atoms with E-state index in [1.165, 1.54) is 25.7 Å². The molecule has 0 radical (unpaired) electrons. The highest BCUT2D eigenvalue weighted by molar-refractivity contribution is 5.35. The van der Waals surface area contributed by atoms with E-state index in [4.69, 9.17) is 5.73 Å². The zero-order valence-electron chi connectivity index (χ0n) is 10.4. The van der Waals surface area contributed by atoms with Crippen molar-refractivity contribution >= 4 is 11.6 Å². The van der Waals surface area contributed by atoms with Gasteiger partial charge in [-0.2, -0.15) is 0 Å². The smallest absolute Gasteiger partial charge is 0.144 e. The van der Waals surface area contributed by atoms with Crippen LogP contribution in [0.3, 0.4) is 0 Å². The molecule has 1 aliphatic carbocycles. The lowest BCUT2D eigenvalue weighted by molar-refractivity contribution is 0.254. The molecule has 1 aromatic heterocycles. The summed E-state index contributed by atoms with van der Waals surface area (Å²) in [5.74, 6) is 1.25. The van der Waals surface area contributed by atoms with Gasteiger partial charge in [0.1, 0.15) is 11.6 Å². The van der Waals surface area contributed by atoms with Gasteiger partial charge in [-0.3, -0.25) is 0 Å². The number of hydrogen-bond donors (Lipinski definition) is 2. The van der Waals surface area contributed by atoms with E-state index in [-0.39, 0.29) is 0 Å². The minimum absolute atomic E-state index is 0.457. The van der Waals surface area contributed by atoms with Crippen molar-refractivity contribution in [3.8, 4) is 0 Å². The average Bonchev–Trinajstić information content (AvgIpc) is 2.85. The number of aromatic nitrogens is 2. The lowest BCUT2D eigenvalue weighted by Gasteiger charge is -2.23. The summed E-state index contributed by atoms with van der Waals surface area (Å²) in [4.78, 5) is 10.6.